The lowest BCUT2D eigenvalue weighted by Gasteiger charge is -2.17. The van der Waals surface area contributed by atoms with Crippen molar-refractivity contribution in [2.24, 2.45) is 5.73 Å². The zero-order valence-corrected chi connectivity index (χ0v) is 9.26. The molecule has 0 atom stereocenters. The van der Waals surface area contributed by atoms with Crippen LogP contribution in [0.15, 0.2) is 41.0 Å². The van der Waals surface area contributed by atoms with Crippen molar-refractivity contribution in [3.63, 3.8) is 0 Å². The molecule has 4 heteroatoms. The van der Waals surface area contributed by atoms with Crippen LogP contribution in [-0.2, 0) is 13.1 Å². The first-order valence-electron chi connectivity index (χ1n) is 5.19. The van der Waals surface area contributed by atoms with E-state index in [4.69, 9.17) is 10.2 Å². The summed E-state index contributed by atoms with van der Waals surface area (Å²) in [6, 6.07) is 9.67. The molecule has 0 radical (unpaired) electrons. The number of nitrogens with two attached hydrogens (primary N) is 1. The van der Waals surface area contributed by atoms with Crippen LogP contribution < -0.4 is 10.6 Å². The molecular formula is C12H15N3O. The zero-order valence-electron chi connectivity index (χ0n) is 9.26. The zero-order chi connectivity index (χ0) is 11.4. The van der Waals surface area contributed by atoms with E-state index < -0.39 is 0 Å². The number of furan rings is 1. The quantitative estimate of drug-likeness (QED) is 0.848. The highest BCUT2D eigenvalue weighted by molar-refractivity contribution is 5.38. The van der Waals surface area contributed by atoms with Crippen molar-refractivity contribution >= 4 is 5.82 Å². The van der Waals surface area contributed by atoms with Gasteiger partial charge in [0, 0.05) is 13.6 Å². The third-order valence-electron chi connectivity index (χ3n) is 2.37. The number of hydrogen-bond donors (Lipinski definition) is 1. The fourth-order valence-corrected chi connectivity index (χ4v) is 1.51. The van der Waals surface area contributed by atoms with Crippen molar-refractivity contribution in [1.29, 1.82) is 0 Å². The molecule has 0 spiro atoms. The van der Waals surface area contributed by atoms with Gasteiger partial charge < -0.3 is 15.1 Å². The van der Waals surface area contributed by atoms with E-state index in [0.717, 1.165) is 17.3 Å². The van der Waals surface area contributed by atoms with Crippen LogP contribution in [0.25, 0.3) is 0 Å². The van der Waals surface area contributed by atoms with E-state index in [2.05, 4.69) is 4.98 Å². The third kappa shape index (κ3) is 2.41. The number of anilines is 1. The Bertz CT molecular complexity index is 439. The van der Waals surface area contributed by atoms with Gasteiger partial charge in [-0.15, -0.1) is 0 Å². The summed E-state index contributed by atoms with van der Waals surface area (Å²) in [4.78, 5) is 6.46. The second-order valence-electron chi connectivity index (χ2n) is 3.63. The number of aromatic nitrogens is 1. The van der Waals surface area contributed by atoms with Gasteiger partial charge in [-0.1, -0.05) is 6.07 Å². The molecule has 2 aromatic heterocycles. The average molecular weight is 217 g/mol. The van der Waals surface area contributed by atoms with Gasteiger partial charge in [0.15, 0.2) is 0 Å². The van der Waals surface area contributed by atoms with E-state index in [1.165, 1.54) is 0 Å². The Kier molecular flexibility index (Phi) is 3.22. The molecule has 2 N–H and O–H groups in total. The largest absolute Gasteiger partial charge is 0.467 e. The van der Waals surface area contributed by atoms with Crippen molar-refractivity contribution in [1.82, 2.24) is 4.98 Å². The van der Waals surface area contributed by atoms with Crippen molar-refractivity contribution < 1.29 is 4.42 Å². The molecule has 0 aliphatic heterocycles. The standard InChI is InChI=1S/C12H15N3O/c1-15(9-11-5-3-7-16-11)12-6-2-4-10(8-13)14-12/h2-7H,8-9,13H2,1H3. The maximum Gasteiger partial charge on any atom is 0.129 e. The van der Waals surface area contributed by atoms with Crippen LogP contribution in [-0.4, -0.2) is 12.0 Å². The molecule has 0 saturated carbocycles. The van der Waals surface area contributed by atoms with Crippen molar-refractivity contribution in [3.8, 4) is 0 Å². The molecule has 0 aliphatic rings. The minimum Gasteiger partial charge on any atom is -0.467 e. The van der Waals surface area contributed by atoms with Crippen molar-refractivity contribution in [2.45, 2.75) is 13.1 Å². The summed E-state index contributed by atoms with van der Waals surface area (Å²) < 4.78 is 5.29. The molecule has 0 saturated heterocycles. The molecule has 2 heterocycles. The van der Waals surface area contributed by atoms with Gasteiger partial charge in [-0.25, -0.2) is 4.98 Å². The maximum absolute atomic E-state index is 5.56. The molecule has 16 heavy (non-hydrogen) atoms. The fourth-order valence-electron chi connectivity index (χ4n) is 1.51. The molecule has 0 unspecified atom stereocenters. The number of pyridine rings is 1. The van der Waals surface area contributed by atoms with Crippen LogP contribution in [0, 0.1) is 0 Å². The first-order chi connectivity index (χ1) is 7.79. The predicted molar refractivity (Wildman–Crippen MR) is 62.9 cm³/mol. The molecule has 2 rings (SSSR count). The van der Waals surface area contributed by atoms with Gasteiger partial charge in [0.1, 0.15) is 11.6 Å². The first-order valence-corrected chi connectivity index (χ1v) is 5.19. The lowest BCUT2D eigenvalue weighted by molar-refractivity contribution is 0.507. The molecule has 0 aromatic carbocycles. The highest BCUT2D eigenvalue weighted by atomic mass is 16.3. The van der Waals surface area contributed by atoms with E-state index in [1.54, 1.807) is 6.26 Å². The Morgan fingerprint density at radius 1 is 1.31 bits per heavy atom. The minimum absolute atomic E-state index is 0.461. The Hall–Kier alpha value is -1.81. The molecule has 84 valence electrons. The highest BCUT2D eigenvalue weighted by Crippen LogP contribution is 2.13. The molecule has 0 bridgehead atoms. The topological polar surface area (TPSA) is 55.3 Å². The summed E-state index contributed by atoms with van der Waals surface area (Å²) in [5.74, 6) is 1.82. The van der Waals surface area contributed by atoms with Crippen LogP contribution in [0.5, 0.6) is 0 Å². The van der Waals surface area contributed by atoms with E-state index in [1.807, 2.05) is 42.3 Å². The van der Waals surface area contributed by atoms with Gasteiger partial charge in [-0.2, -0.15) is 0 Å². The first kappa shape index (κ1) is 10.7. The van der Waals surface area contributed by atoms with Crippen molar-refractivity contribution in [2.75, 3.05) is 11.9 Å². The minimum atomic E-state index is 0.461. The smallest absolute Gasteiger partial charge is 0.129 e. The summed E-state index contributed by atoms with van der Waals surface area (Å²) in [5.41, 5.74) is 6.45. The summed E-state index contributed by atoms with van der Waals surface area (Å²) in [5, 5.41) is 0. The Balaban J connectivity index is 2.11. The SMILES string of the molecule is CN(Cc1ccco1)c1cccc(CN)n1. The lowest BCUT2D eigenvalue weighted by atomic mass is 10.3. The van der Waals surface area contributed by atoms with E-state index in [9.17, 15) is 0 Å². The fraction of sp³-hybridized carbons (Fsp3) is 0.250. The molecule has 0 aliphatic carbocycles. The van der Waals surface area contributed by atoms with Crippen LogP contribution >= 0.6 is 0 Å². The summed E-state index contributed by atoms with van der Waals surface area (Å²) in [7, 11) is 1.98. The number of hydrogen-bond acceptors (Lipinski definition) is 4. The normalized spacial score (nSPS) is 10.4. The highest BCUT2D eigenvalue weighted by Gasteiger charge is 2.05. The van der Waals surface area contributed by atoms with Gasteiger partial charge >= 0.3 is 0 Å². The second-order valence-corrected chi connectivity index (χ2v) is 3.63. The second kappa shape index (κ2) is 4.81. The molecule has 4 nitrogen and oxygen atoms in total. The summed E-state index contributed by atoms with van der Waals surface area (Å²) >= 11 is 0. The maximum atomic E-state index is 5.56. The van der Waals surface area contributed by atoms with Crippen LogP contribution in [0.2, 0.25) is 0 Å². The Morgan fingerprint density at radius 3 is 2.88 bits per heavy atom. The van der Waals surface area contributed by atoms with Crippen LogP contribution in [0.3, 0.4) is 0 Å². The van der Waals surface area contributed by atoms with Gasteiger partial charge in [0.05, 0.1) is 18.5 Å². The van der Waals surface area contributed by atoms with Gasteiger partial charge in [-0.3, -0.25) is 0 Å². The van der Waals surface area contributed by atoms with Crippen LogP contribution in [0.4, 0.5) is 5.82 Å². The van der Waals surface area contributed by atoms with Crippen LogP contribution in [0.1, 0.15) is 11.5 Å². The summed E-state index contributed by atoms with van der Waals surface area (Å²) in [6.45, 7) is 1.16. The van der Waals surface area contributed by atoms with E-state index >= 15 is 0 Å². The molecule has 2 aromatic rings. The number of rotatable bonds is 4. The van der Waals surface area contributed by atoms with Crippen molar-refractivity contribution in [3.05, 3.63) is 48.0 Å². The third-order valence-corrected chi connectivity index (χ3v) is 2.37. The predicted octanol–water partition coefficient (Wildman–Crippen LogP) is 1.77. The molecule has 0 amide bonds. The monoisotopic (exact) mass is 217 g/mol. The average Bonchev–Trinajstić information content (AvgIpc) is 2.82. The molecular weight excluding hydrogens is 202 g/mol. The Labute approximate surface area is 94.7 Å². The lowest BCUT2D eigenvalue weighted by Crippen LogP contribution is -2.18. The van der Waals surface area contributed by atoms with Gasteiger partial charge in [0.25, 0.3) is 0 Å². The van der Waals surface area contributed by atoms with Gasteiger partial charge in [0.2, 0.25) is 0 Å². The summed E-state index contributed by atoms with van der Waals surface area (Å²) in [6.07, 6.45) is 1.67. The van der Waals surface area contributed by atoms with E-state index in [-0.39, 0.29) is 0 Å². The number of nitrogens with zero attached hydrogens (tertiary/aromatic N) is 2. The molecule has 0 fully saturated rings. The van der Waals surface area contributed by atoms with E-state index in [0.29, 0.717) is 13.1 Å². The Morgan fingerprint density at radius 2 is 2.19 bits per heavy atom. The van der Waals surface area contributed by atoms with Gasteiger partial charge in [-0.05, 0) is 24.3 Å².